The number of benzene rings is 1. The molecule has 0 aliphatic rings. The predicted molar refractivity (Wildman–Crippen MR) is 71.1 cm³/mol. The van der Waals surface area contributed by atoms with Gasteiger partial charge in [0.25, 0.3) is 5.91 Å². The van der Waals surface area contributed by atoms with Crippen molar-refractivity contribution in [1.29, 1.82) is 5.26 Å². The zero-order chi connectivity index (χ0) is 15.8. The highest BCUT2D eigenvalue weighted by Crippen LogP contribution is 2.19. The molecule has 21 heavy (non-hydrogen) atoms. The van der Waals surface area contributed by atoms with Gasteiger partial charge in [-0.05, 0) is 12.1 Å². The van der Waals surface area contributed by atoms with Crippen molar-refractivity contribution >= 4 is 11.6 Å². The Morgan fingerprint density at radius 1 is 1.52 bits per heavy atom. The number of nitriles is 1. The lowest BCUT2D eigenvalue weighted by Gasteiger charge is -2.21. The molecular weight excluding hydrogens is 281 g/mol. The summed E-state index contributed by atoms with van der Waals surface area (Å²) in [5.74, 6) is -1.51. The number of nitrogens with zero attached hydrogens (tertiary/aromatic N) is 3. The molecule has 8 heteroatoms. The zero-order valence-corrected chi connectivity index (χ0v) is 11.4. The van der Waals surface area contributed by atoms with Crippen LogP contribution in [-0.4, -0.2) is 42.5 Å². The molecule has 1 rings (SSSR count). The second-order valence-electron chi connectivity index (χ2n) is 4.12. The summed E-state index contributed by atoms with van der Waals surface area (Å²) in [7, 11) is 1.47. The summed E-state index contributed by atoms with van der Waals surface area (Å²) in [5, 5.41) is 19.3. The van der Waals surface area contributed by atoms with Crippen LogP contribution < -0.4 is 0 Å². The van der Waals surface area contributed by atoms with Crippen molar-refractivity contribution < 1.29 is 18.8 Å². The Labute approximate surface area is 120 Å². The van der Waals surface area contributed by atoms with Gasteiger partial charge in [0.15, 0.2) is 0 Å². The van der Waals surface area contributed by atoms with Crippen molar-refractivity contribution in [2.75, 3.05) is 26.8 Å². The fourth-order valence-electron chi connectivity index (χ4n) is 1.67. The van der Waals surface area contributed by atoms with Gasteiger partial charge in [0.2, 0.25) is 5.82 Å². The van der Waals surface area contributed by atoms with E-state index in [-0.39, 0.29) is 31.7 Å². The first kappa shape index (κ1) is 16.5. The fraction of sp³-hybridized carbons (Fsp3) is 0.385. The number of amides is 1. The van der Waals surface area contributed by atoms with E-state index in [1.54, 1.807) is 0 Å². The lowest BCUT2D eigenvalue weighted by Crippen LogP contribution is -2.34. The van der Waals surface area contributed by atoms with Crippen LogP contribution >= 0.6 is 0 Å². The lowest BCUT2D eigenvalue weighted by atomic mass is 10.1. The summed E-state index contributed by atoms with van der Waals surface area (Å²) < 4.78 is 18.1. The minimum absolute atomic E-state index is 0.00265. The summed E-state index contributed by atoms with van der Waals surface area (Å²) >= 11 is 0. The number of nitro groups is 1. The molecule has 0 aliphatic carbocycles. The van der Waals surface area contributed by atoms with Crippen LogP contribution in [0.5, 0.6) is 0 Å². The van der Waals surface area contributed by atoms with Gasteiger partial charge in [-0.25, -0.2) is 0 Å². The highest BCUT2D eigenvalue weighted by Gasteiger charge is 2.21. The molecule has 1 aromatic rings. The molecule has 0 saturated heterocycles. The zero-order valence-electron chi connectivity index (χ0n) is 11.4. The SMILES string of the molecule is COCCN(CCC#N)C(=O)c1ccc(F)c([N+](=O)[O-])c1. The quantitative estimate of drug-likeness (QED) is 0.563. The van der Waals surface area contributed by atoms with Crippen LogP contribution in [-0.2, 0) is 4.74 Å². The fourth-order valence-corrected chi connectivity index (χ4v) is 1.67. The minimum atomic E-state index is -1.00. The number of rotatable bonds is 7. The van der Waals surface area contributed by atoms with E-state index in [1.165, 1.54) is 18.1 Å². The van der Waals surface area contributed by atoms with Crippen LogP contribution in [0.25, 0.3) is 0 Å². The Morgan fingerprint density at radius 2 is 2.24 bits per heavy atom. The lowest BCUT2D eigenvalue weighted by molar-refractivity contribution is -0.387. The Hall–Kier alpha value is -2.53. The van der Waals surface area contributed by atoms with Crippen LogP contribution in [0.4, 0.5) is 10.1 Å². The van der Waals surface area contributed by atoms with E-state index in [0.29, 0.717) is 0 Å². The molecule has 0 aliphatic heterocycles. The third-order valence-corrected chi connectivity index (χ3v) is 2.74. The number of hydrogen-bond donors (Lipinski definition) is 0. The monoisotopic (exact) mass is 295 g/mol. The topological polar surface area (TPSA) is 96.5 Å². The number of nitro benzene ring substituents is 1. The molecule has 1 amide bonds. The first-order valence-corrected chi connectivity index (χ1v) is 6.10. The molecule has 0 heterocycles. The molecule has 0 unspecified atom stereocenters. The Balaban J connectivity index is 2.99. The minimum Gasteiger partial charge on any atom is -0.383 e. The summed E-state index contributed by atoms with van der Waals surface area (Å²) in [6.45, 7) is 0.673. The molecule has 0 bridgehead atoms. The number of methoxy groups -OCH3 is 1. The second kappa shape index (κ2) is 7.91. The maximum atomic E-state index is 13.3. The van der Waals surface area contributed by atoms with Gasteiger partial charge < -0.3 is 9.64 Å². The van der Waals surface area contributed by atoms with Crippen molar-refractivity contribution in [3.63, 3.8) is 0 Å². The van der Waals surface area contributed by atoms with E-state index in [0.717, 1.165) is 12.1 Å². The Bertz CT molecular complexity index is 571. The third-order valence-electron chi connectivity index (χ3n) is 2.74. The number of carbonyl (C=O) groups is 1. The predicted octanol–water partition coefficient (Wildman–Crippen LogP) is 1.74. The summed E-state index contributed by atoms with van der Waals surface area (Å²) in [4.78, 5) is 23.4. The van der Waals surface area contributed by atoms with E-state index < -0.39 is 22.3 Å². The maximum absolute atomic E-state index is 13.3. The average Bonchev–Trinajstić information content (AvgIpc) is 2.47. The molecular formula is C13H14FN3O4. The first-order valence-electron chi connectivity index (χ1n) is 6.10. The highest BCUT2D eigenvalue weighted by molar-refractivity contribution is 5.94. The molecule has 0 spiro atoms. The molecule has 7 nitrogen and oxygen atoms in total. The molecule has 0 saturated carbocycles. The van der Waals surface area contributed by atoms with E-state index >= 15 is 0 Å². The molecule has 0 aromatic heterocycles. The van der Waals surface area contributed by atoms with Crippen molar-refractivity contribution in [3.8, 4) is 6.07 Å². The van der Waals surface area contributed by atoms with Gasteiger partial charge in [-0.2, -0.15) is 9.65 Å². The molecule has 0 N–H and O–H groups in total. The molecule has 0 atom stereocenters. The van der Waals surface area contributed by atoms with E-state index in [2.05, 4.69) is 0 Å². The smallest absolute Gasteiger partial charge is 0.305 e. The summed E-state index contributed by atoms with van der Waals surface area (Å²) in [6, 6.07) is 4.87. The van der Waals surface area contributed by atoms with Crippen molar-refractivity contribution in [3.05, 3.63) is 39.7 Å². The summed E-state index contributed by atoms with van der Waals surface area (Å²) in [5.41, 5.74) is -0.759. The number of carbonyl (C=O) groups excluding carboxylic acids is 1. The molecule has 112 valence electrons. The van der Waals surface area contributed by atoms with E-state index in [4.69, 9.17) is 10.00 Å². The van der Waals surface area contributed by atoms with E-state index in [9.17, 15) is 19.3 Å². The van der Waals surface area contributed by atoms with Gasteiger partial charge in [0, 0.05) is 31.8 Å². The number of halogens is 1. The van der Waals surface area contributed by atoms with Crippen LogP contribution in [0.3, 0.4) is 0 Å². The molecule has 1 aromatic carbocycles. The largest absolute Gasteiger partial charge is 0.383 e. The highest BCUT2D eigenvalue weighted by atomic mass is 19.1. The third kappa shape index (κ3) is 4.50. The Morgan fingerprint density at radius 3 is 2.81 bits per heavy atom. The van der Waals surface area contributed by atoms with Gasteiger partial charge in [-0.1, -0.05) is 0 Å². The van der Waals surface area contributed by atoms with Crippen LogP contribution in [0.2, 0.25) is 0 Å². The van der Waals surface area contributed by atoms with Gasteiger partial charge in [-0.15, -0.1) is 0 Å². The molecule has 0 radical (unpaired) electrons. The van der Waals surface area contributed by atoms with Gasteiger partial charge in [-0.3, -0.25) is 14.9 Å². The average molecular weight is 295 g/mol. The standard InChI is InChI=1S/C13H14FN3O4/c1-21-8-7-16(6-2-5-15)13(18)10-3-4-11(14)12(9-10)17(19)20/h3-4,9H,2,6-8H2,1H3. The summed E-state index contributed by atoms with van der Waals surface area (Å²) in [6.07, 6.45) is 0.124. The van der Waals surface area contributed by atoms with E-state index in [1.807, 2.05) is 6.07 Å². The van der Waals surface area contributed by atoms with Crippen LogP contribution in [0.15, 0.2) is 18.2 Å². The second-order valence-corrected chi connectivity index (χ2v) is 4.12. The normalized spacial score (nSPS) is 9.95. The molecule has 0 fully saturated rings. The number of ether oxygens (including phenoxy) is 1. The van der Waals surface area contributed by atoms with Gasteiger partial charge in [0.1, 0.15) is 0 Å². The van der Waals surface area contributed by atoms with Gasteiger partial charge >= 0.3 is 5.69 Å². The van der Waals surface area contributed by atoms with Crippen molar-refractivity contribution in [1.82, 2.24) is 4.90 Å². The Kier molecular flexibility index (Phi) is 6.23. The van der Waals surface area contributed by atoms with Gasteiger partial charge in [0.05, 0.1) is 24.0 Å². The van der Waals surface area contributed by atoms with Crippen LogP contribution in [0, 0.1) is 27.3 Å². The van der Waals surface area contributed by atoms with Crippen molar-refractivity contribution in [2.24, 2.45) is 0 Å². The maximum Gasteiger partial charge on any atom is 0.305 e. The first-order chi connectivity index (χ1) is 10.0. The number of hydrogen-bond acceptors (Lipinski definition) is 5. The van der Waals surface area contributed by atoms with Crippen molar-refractivity contribution in [2.45, 2.75) is 6.42 Å². The van der Waals surface area contributed by atoms with Crippen LogP contribution in [0.1, 0.15) is 16.8 Å².